The van der Waals surface area contributed by atoms with Crippen molar-refractivity contribution >= 4 is 5.97 Å². The van der Waals surface area contributed by atoms with Crippen LogP contribution >= 0.6 is 0 Å². The first-order valence-electron chi connectivity index (χ1n) is 4.94. The largest absolute Gasteiger partial charge is 0.481 e. The van der Waals surface area contributed by atoms with E-state index in [9.17, 15) is 4.79 Å². The number of aliphatic carboxylic acids is 1. The summed E-state index contributed by atoms with van der Waals surface area (Å²) in [7, 11) is 5.99. The van der Waals surface area contributed by atoms with Crippen molar-refractivity contribution in [3.63, 3.8) is 0 Å². The van der Waals surface area contributed by atoms with Crippen LogP contribution in [-0.4, -0.2) is 61.2 Å². The molecule has 1 N–H and O–H groups in total. The van der Waals surface area contributed by atoms with Gasteiger partial charge in [-0.05, 0) is 28.1 Å². The van der Waals surface area contributed by atoms with E-state index < -0.39 is 5.97 Å². The molecule has 0 aromatic heterocycles. The third kappa shape index (κ3) is 4.58. The fourth-order valence-electron chi connectivity index (χ4n) is 1.15. The first kappa shape index (κ1) is 13.4. The van der Waals surface area contributed by atoms with Gasteiger partial charge in [0.2, 0.25) is 0 Å². The van der Waals surface area contributed by atoms with Gasteiger partial charge in [0.15, 0.2) is 0 Å². The maximum absolute atomic E-state index is 10.7. The minimum absolute atomic E-state index is 0.0763. The van der Waals surface area contributed by atoms with Crippen molar-refractivity contribution in [2.24, 2.45) is 5.92 Å². The van der Waals surface area contributed by atoms with Gasteiger partial charge in [-0.15, -0.1) is 0 Å². The van der Waals surface area contributed by atoms with Gasteiger partial charge >= 0.3 is 5.97 Å². The summed E-state index contributed by atoms with van der Waals surface area (Å²) in [6.45, 7) is 5.55. The quantitative estimate of drug-likeness (QED) is 0.684. The van der Waals surface area contributed by atoms with Crippen LogP contribution in [0.15, 0.2) is 0 Å². The molecule has 2 unspecified atom stereocenters. The van der Waals surface area contributed by atoms with Crippen LogP contribution in [0.1, 0.15) is 13.8 Å². The highest BCUT2D eigenvalue weighted by Crippen LogP contribution is 2.08. The third-order valence-electron chi connectivity index (χ3n) is 2.71. The average Bonchev–Trinajstić information content (AvgIpc) is 2.11. The second-order valence-electron chi connectivity index (χ2n) is 4.15. The van der Waals surface area contributed by atoms with E-state index >= 15 is 0 Å². The standard InChI is InChI=1S/C10H22N2O2/c1-8(10(13)14)9(2)12(5)7-6-11(3)4/h8-9H,6-7H2,1-5H3,(H,13,14). The van der Waals surface area contributed by atoms with Gasteiger partial charge in [-0.1, -0.05) is 6.92 Å². The van der Waals surface area contributed by atoms with E-state index in [1.54, 1.807) is 6.92 Å². The van der Waals surface area contributed by atoms with Crippen LogP contribution < -0.4 is 0 Å². The molecule has 4 nitrogen and oxygen atoms in total. The average molecular weight is 202 g/mol. The smallest absolute Gasteiger partial charge is 0.307 e. The van der Waals surface area contributed by atoms with Gasteiger partial charge < -0.3 is 14.9 Å². The molecule has 4 heteroatoms. The van der Waals surface area contributed by atoms with Crippen LogP contribution in [0.5, 0.6) is 0 Å². The van der Waals surface area contributed by atoms with Crippen LogP contribution in [-0.2, 0) is 4.79 Å². The van der Waals surface area contributed by atoms with Crippen molar-refractivity contribution in [3.8, 4) is 0 Å². The molecule has 84 valence electrons. The Labute approximate surface area is 86.5 Å². The summed E-state index contributed by atoms with van der Waals surface area (Å²) in [5.74, 6) is -1.05. The fourth-order valence-corrected chi connectivity index (χ4v) is 1.15. The first-order valence-corrected chi connectivity index (χ1v) is 4.94. The Balaban J connectivity index is 3.98. The van der Waals surface area contributed by atoms with Gasteiger partial charge in [-0.3, -0.25) is 4.79 Å². The van der Waals surface area contributed by atoms with Crippen molar-refractivity contribution in [2.75, 3.05) is 34.2 Å². The molecule has 0 aliphatic rings. The molecule has 0 radical (unpaired) electrons. The highest BCUT2D eigenvalue weighted by Gasteiger charge is 2.22. The number of carboxylic acid groups (broad SMARTS) is 1. The van der Waals surface area contributed by atoms with Gasteiger partial charge in [0.1, 0.15) is 0 Å². The first-order chi connectivity index (χ1) is 6.36. The van der Waals surface area contributed by atoms with Crippen LogP contribution in [0.25, 0.3) is 0 Å². The molecular formula is C10H22N2O2. The van der Waals surface area contributed by atoms with Gasteiger partial charge in [-0.2, -0.15) is 0 Å². The van der Waals surface area contributed by atoms with Gasteiger partial charge in [0.05, 0.1) is 5.92 Å². The van der Waals surface area contributed by atoms with Crippen LogP contribution in [0.4, 0.5) is 0 Å². The molecule has 0 heterocycles. The number of hydrogen-bond acceptors (Lipinski definition) is 3. The Morgan fingerprint density at radius 2 is 1.71 bits per heavy atom. The number of nitrogens with zero attached hydrogens (tertiary/aromatic N) is 2. The van der Waals surface area contributed by atoms with Crippen molar-refractivity contribution in [1.82, 2.24) is 9.80 Å². The molecule has 0 saturated carbocycles. The zero-order valence-corrected chi connectivity index (χ0v) is 9.82. The summed E-state index contributed by atoms with van der Waals surface area (Å²) in [6.07, 6.45) is 0. The molecule has 0 aromatic rings. The summed E-state index contributed by atoms with van der Waals surface area (Å²) in [6, 6.07) is 0.0763. The Hall–Kier alpha value is -0.610. The van der Waals surface area contributed by atoms with Gasteiger partial charge in [0, 0.05) is 19.1 Å². The van der Waals surface area contributed by atoms with Crippen LogP contribution in [0.3, 0.4) is 0 Å². The minimum Gasteiger partial charge on any atom is -0.481 e. The molecule has 0 bridgehead atoms. The molecule has 0 spiro atoms. The van der Waals surface area contributed by atoms with E-state index in [0.717, 1.165) is 13.1 Å². The molecule has 0 aromatic carbocycles. The molecule has 0 saturated heterocycles. The predicted octanol–water partition coefficient (Wildman–Crippen LogP) is 0.589. The van der Waals surface area contributed by atoms with E-state index in [0.29, 0.717) is 0 Å². The number of likely N-dealkylation sites (N-methyl/N-ethyl adjacent to an activating group) is 2. The van der Waals surface area contributed by atoms with Crippen LogP contribution in [0, 0.1) is 5.92 Å². The molecule has 0 rings (SSSR count). The highest BCUT2D eigenvalue weighted by molar-refractivity contribution is 5.70. The van der Waals surface area contributed by atoms with Gasteiger partial charge in [0.25, 0.3) is 0 Å². The minimum atomic E-state index is -0.728. The lowest BCUT2D eigenvalue weighted by atomic mass is 10.0. The topological polar surface area (TPSA) is 43.8 Å². The summed E-state index contributed by atoms with van der Waals surface area (Å²) < 4.78 is 0. The van der Waals surface area contributed by atoms with Crippen molar-refractivity contribution in [1.29, 1.82) is 0 Å². The lowest BCUT2D eigenvalue weighted by Crippen LogP contribution is -2.41. The van der Waals surface area contributed by atoms with E-state index in [2.05, 4.69) is 9.80 Å². The Bertz CT molecular complexity index is 183. The fraction of sp³-hybridized carbons (Fsp3) is 0.900. The maximum atomic E-state index is 10.7. The number of rotatable bonds is 6. The van der Waals surface area contributed by atoms with E-state index in [-0.39, 0.29) is 12.0 Å². The van der Waals surface area contributed by atoms with E-state index in [4.69, 9.17) is 5.11 Å². The highest BCUT2D eigenvalue weighted by atomic mass is 16.4. The lowest BCUT2D eigenvalue weighted by molar-refractivity contribution is -0.143. The van der Waals surface area contributed by atoms with E-state index in [1.807, 2.05) is 28.1 Å². The second-order valence-corrected chi connectivity index (χ2v) is 4.15. The third-order valence-corrected chi connectivity index (χ3v) is 2.71. The summed E-state index contributed by atoms with van der Waals surface area (Å²) in [5.41, 5.74) is 0. The van der Waals surface area contributed by atoms with Crippen molar-refractivity contribution in [2.45, 2.75) is 19.9 Å². The monoisotopic (exact) mass is 202 g/mol. The molecule has 0 aliphatic carbocycles. The second kappa shape index (κ2) is 5.98. The summed E-state index contributed by atoms with van der Waals surface area (Å²) in [5, 5.41) is 8.84. The molecule has 0 amide bonds. The van der Waals surface area contributed by atoms with Crippen molar-refractivity contribution < 1.29 is 9.90 Å². The number of hydrogen-bond donors (Lipinski definition) is 1. The Morgan fingerprint density at radius 3 is 2.07 bits per heavy atom. The molecule has 2 atom stereocenters. The van der Waals surface area contributed by atoms with Crippen molar-refractivity contribution in [3.05, 3.63) is 0 Å². The number of carboxylic acids is 1. The Kier molecular flexibility index (Phi) is 5.72. The zero-order chi connectivity index (χ0) is 11.3. The molecule has 0 fully saturated rings. The SMILES string of the molecule is CC(C(=O)O)C(C)N(C)CCN(C)C. The summed E-state index contributed by atoms with van der Waals surface area (Å²) in [4.78, 5) is 14.9. The molecular weight excluding hydrogens is 180 g/mol. The Morgan fingerprint density at radius 1 is 1.21 bits per heavy atom. The maximum Gasteiger partial charge on any atom is 0.307 e. The van der Waals surface area contributed by atoms with Gasteiger partial charge in [-0.25, -0.2) is 0 Å². The van der Waals surface area contributed by atoms with E-state index in [1.165, 1.54) is 0 Å². The zero-order valence-electron chi connectivity index (χ0n) is 9.82. The number of carbonyl (C=O) groups is 1. The predicted molar refractivity (Wildman–Crippen MR) is 57.4 cm³/mol. The molecule has 0 aliphatic heterocycles. The summed E-state index contributed by atoms with van der Waals surface area (Å²) >= 11 is 0. The molecule has 14 heavy (non-hydrogen) atoms. The normalized spacial score (nSPS) is 15.9. The lowest BCUT2D eigenvalue weighted by Gasteiger charge is -2.28. The van der Waals surface area contributed by atoms with Crippen LogP contribution in [0.2, 0.25) is 0 Å².